The Bertz CT molecular complexity index is 1180. The maximum Gasteiger partial charge on any atom is 0.336 e. The summed E-state index contributed by atoms with van der Waals surface area (Å²) in [5.41, 5.74) is 4.04. The smallest absolute Gasteiger partial charge is 0.336 e. The molecule has 4 rings (SSSR count). The third kappa shape index (κ3) is 2.39. The zero-order valence-corrected chi connectivity index (χ0v) is 14.5. The number of carboxylic acids is 1. The fraction of sp³-hybridized carbons (Fsp3) is 0.0909. The van der Waals surface area contributed by atoms with Gasteiger partial charge in [0.25, 0.3) is 0 Å². The van der Waals surface area contributed by atoms with Crippen molar-refractivity contribution in [3.8, 4) is 0 Å². The lowest BCUT2D eigenvalue weighted by atomic mass is 9.92. The highest BCUT2D eigenvalue weighted by Gasteiger charge is 2.23. The summed E-state index contributed by atoms with van der Waals surface area (Å²) in [5.74, 6) is -1.38. The van der Waals surface area contributed by atoms with Crippen molar-refractivity contribution < 1.29 is 14.7 Å². The SMILES string of the molecule is Cc1ccc(C(=O)c2cc3c([nH]c4ccccc43)c(C)c2C(=O)O)cc1. The van der Waals surface area contributed by atoms with Gasteiger partial charge in [0.1, 0.15) is 0 Å². The van der Waals surface area contributed by atoms with E-state index < -0.39 is 5.97 Å². The number of carboxylic acid groups (broad SMARTS) is 1. The van der Waals surface area contributed by atoms with E-state index in [4.69, 9.17) is 0 Å². The summed E-state index contributed by atoms with van der Waals surface area (Å²) in [7, 11) is 0. The second-order valence-corrected chi connectivity index (χ2v) is 6.52. The van der Waals surface area contributed by atoms with Gasteiger partial charge in [0, 0.05) is 27.4 Å². The van der Waals surface area contributed by atoms with Crippen molar-refractivity contribution in [3.05, 3.63) is 82.4 Å². The molecule has 0 saturated heterocycles. The summed E-state index contributed by atoms with van der Waals surface area (Å²) in [5, 5.41) is 11.6. The number of hydrogen-bond acceptors (Lipinski definition) is 2. The van der Waals surface area contributed by atoms with Gasteiger partial charge in [-0.25, -0.2) is 4.79 Å². The van der Waals surface area contributed by atoms with E-state index in [0.717, 1.165) is 27.4 Å². The Balaban J connectivity index is 2.05. The van der Waals surface area contributed by atoms with Crippen LogP contribution in [-0.4, -0.2) is 21.8 Å². The fourth-order valence-corrected chi connectivity index (χ4v) is 3.47. The van der Waals surface area contributed by atoms with Gasteiger partial charge in [0.2, 0.25) is 0 Å². The number of ketones is 1. The highest BCUT2D eigenvalue weighted by atomic mass is 16.4. The van der Waals surface area contributed by atoms with Crippen molar-refractivity contribution in [2.24, 2.45) is 0 Å². The average Bonchev–Trinajstić information content (AvgIpc) is 3.00. The third-order valence-electron chi connectivity index (χ3n) is 4.83. The maximum absolute atomic E-state index is 13.1. The van der Waals surface area contributed by atoms with Crippen molar-refractivity contribution in [1.29, 1.82) is 0 Å². The predicted octanol–water partition coefficient (Wildman–Crippen LogP) is 4.87. The summed E-state index contributed by atoms with van der Waals surface area (Å²) in [6, 6.07) is 16.6. The van der Waals surface area contributed by atoms with Crippen LogP contribution in [0.2, 0.25) is 0 Å². The molecule has 2 N–H and O–H groups in total. The molecular weight excluding hydrogens is 326 g/mol. The lowest BCUT2D eigenvalue weighted by molar-refractivity contribution is 0.0692. The molecule has 1 aromatic heterocycles. The number of rotatable bonds is 3. The first-order valence-electron chi connectivity index (χ1n) is 8.36. The van der Waals surface area contributed by atoms with Crippen LogP contribution in [0.3, 0.4) is 0 Å². The number of aryl methyl sites for hydroxylation is 2. The van der Waals surface area contributed by atoms with Crippen LogP contribution in [0.15, 0.2) is 54.6 Å². The minimum Gasteiger partial charge on any atom is -0.478 e. The molecular formula is C22H17NO3. The van der Waals surface area contributed by atoms with Gasteiger partial charge in [-0.1, -0.05) is 48.0 Å². The van der Waals surface area contributed by atoms with E-state index >= 15 is 0 Å². The van der Waals surface area contributed by atoms with Crippen LogP contribution < -0.4 is 0 Å². The first kappa shape index (κ1) is 16.1. The summed E-state index contributed by atoms with van der Waals surface area (Å²) < 4.78 is 0. The number of aromatic carboxylic acids is 1. The lowest BCUT2D eigenvalue weighted by Gasteiger charge is -2.10. The van der Waals surface area contributed by atoms with Crippen LogP contribution in [0.25, 0.3) is 21.8 Å². The molecule has 0 bridgehead atoms. The van der Waals surface area contributed by atoms with Crippen LogP contribution in [0.4, 0.5) is 0 Å². The molecule has 4 nitrogen and oxygen atoms in total. The molecule has 4 aromatic rings. The molecule has 0 aliphatic rings. The zero-order valence-electron chi connectivity index (χ0n) is 14.5. The molecule has 1 heterocycles. The van der Waals surface area contributed by atoms with Gasteiger partial charge in [-0.3, -0.25) is 4.79 Å². The molecule has 4 heteroatoms. The lowest BCUT2D eigenvalue weighted by Crippen LogP contribution is -2.12. The number of aromatic nitrogens is 1. The number of hydrogen-bond donors (Lipinski definition) is 2. The minimum atomic E-state index is -1.10. The summed E-state index contributed by atoms with van der Waals surface area (Å²) in [6.45, 7) is 3.69. The number of para-hydroxylation sites is 1. The molecule has 0 fully saturated rings. The Hall–Kier alpha value is -3.40. The largest absolute Gasteiger partial charge is 0.478 e. The molecule has 128 valence electrons. The minimum absolute atomic E-state index is 0.0506. The normalized spacial score (nSPS) is 11.2. The Kier molecular flexibility index (Phi) is 3.62. The van der Waals surface area contributed by atoms with Gasteiger partial charge >= 0.3 is 5.97 Å². The van der Waals surface area contributed by atoms with Crippen molar-refractivity contribution in [2.45, 2.75) is 13.8 Å². The number of aromatic amines is 1. The molecule has 0 amide bonds. The average molecular weight is 343 g/mol. The predicted molar refractivity (Wildman–Crippen MR) is 102 cm³/mol. The first-order valence-corrected chi connectivity index (χ1v) is 8.36. The Morgan fingerprint density at radius 3 is 2.31 bits per heavy atom. The van der Waals surface area contributed by atoms with Gasteiger partial charge in [0.15, 0.2) is 5.78 Å². The van der Waals surface area contributed by atoms with Gasteiger partial charge in [0.05, 0.1) is 11.1 Å². The number of H-pyrrole nitrogens is 1. The summed E-state index contributed by atoms with van der Waals surface area (Å²) in [4.78, 5) is 28.3. The second kappa shape index (κ2) is 5.85. The van der Waals surface area contributed by atoms with E-state index in [1.165, 1.54) is 0 Å². The molecule has 0 aliphatic heterocycles. The standard InChI is InChI=1S/C22H17NO3/c1-12-7-9-14(10-8-12)21(24)17-11-16-15-5-3-4-6-18(15)23-20(16)13(2)19(17)22(25)26/h3-11,23H,1-2H3,(H,25,26). The van der Waals surface area contributed by atoms with Crippen LogP contribution in [0.5, 0.6) is 0 Å². The van der Waals surface area contributed by atoms with E-state index in [1.807, 2.05) is 43.3 Å². The Morgan fingerprint density at radius 1 is 0.923 bits per heavy atom. The number of carbonyl (C=O) groups excluding carboxylic acids is 1. The van der Waals surface area contributed by atoms with Gasteiger partial charge in [-0.2, -0.15) is 0 Å². The Morgan fingerprint density at radius 2 is 1.62 bits per heavy atom. The first-order chi connectivity index (χ1) is 12.5. The zero-order chi connectivity index (χ0) is 18.4. The molecule has 0 saturated carbocycles. The molecule has 3 aromatic carbocycles. The highest BCUT2D eigenvalue weighted by Crippen LogP contribution is 2.32. The molecule has 0 spiro atoms. The van der Waals surface area contributed by atoms with Gasteiger partial charge in [-0.05, 0) is 31.5 Å². The maximum atomic E-state index is 13.1. The van der Waals surface area contributed by atoms with Crippen LogP contribution in [-0.2, 0) is 0 Å². The topological polar surface area (TPSA) is 70.2 Å². The van der Waals surface area contributed by atoms with E-state index in [1.54, 1.807) is 25.1 Å². The molecule has 0 unspecified atom stereocenters. The number of benzene rings is 3. The summed E-state index contributed by atoms with van der Waals surface area (Å²) in [6.07, 6.45) is 0. The summed E-state index contributed by atoms with van der Waals surface area (Å²) >= 11 is 0. The van der Waals surface area contributed by atoms with Crippen molar-refractivity contribution in [2.75, 3.05) is 0 Å². The fourth-order valence-electron chi connectivity index (χ4n) is 3.47. The van der Waals surface area contributed by atoms with Crippen LogP contribution >= 0.6 is 0 Å². The monoisotopic (exact) mass is 343 g/mol. The highest BCUT2D eigenvalue weighted by molar-refractivity contribution is 6.20. The van der Waals surface area contributed by atoms with Crippen molar-refractivity contribution in [1.82, 2.24) is 4.98 Å². The van der Waals surface area contributed by atoms with Crippen LogP contribution in [0, 0.1) is 13.8 Å². The van der Waals surface area contributed by atoms with E-state index in [-0.39, 0.29) is 16.9 Å². The van der Waals surface area contributed by atoms with E-state index in [2.05, 4.69) is 4.98 Å². The van der Waals surface area contributed by atoms with Crippen molar-refractivity contribution >= 4 is 33.6 Å². The number of carbonyl (C=O) groups is 2. The van der Waals surface area contributed by atoms with Gasteiger partial charge in [-0.15, -0.1) is 0 Å². The molecule has 0 aliphatic carbocycles. The quantitative estimate of drug-likeness (QED) is 0.522. The van der Waals surface area contributed by atoms with Gasteiger partial charge < -0.3 is 10.1 Å². The molecule has 0 atom stereocenters. The number of fused-ring (bicyclic) bond motifs is 3. The van der Waals surface area contributed by atoms with Crippen molar-refractivity contribution in [3.63, 3.8) is 0 Å². The Labute approximate surface area is 150 Å². The number of nitrogens with one attached hydrogen (secondary N) is 1. The second-order valence-electron chi connectivity index (χ2n) is 6.52. The molecule has 26 heavy (non-hydrogen) atoms. The van der Waals surface area contributed by atoms with E-state index in [9.17, 15) is 14.7 Å². The third-order valence-corrected chi connectivity index (χ3v) is 4.83. The molecule has 0 radical (unpaired) electrons. The van der Waals surface area contributed by atoms with E-state index in [0.29, 0.717) is 11.1 Å². The van der Waals surface area contributed by atoms with Crippen LogP contribution in [0.1, 0.15) is 37.4 Å².